The predicted molar refractivity (Wildman–Crippen MR) is 52.9 cm³/mol. The molecule has 1 saturated carbocycles. The molecule has 0 heterocycles. The minimum Gasteiger partial charge on any atom is -0.246 e. The van der Waals surface area contributed by atoms with Crippen molar-refractivity contribution in [1.82, 2.24) is 0 Å². The van der Waals surface area contributed by atoms with Crippen LogP contribution in [0, 0.1) is 0 Å². The Morgan fingerprint density at radius 3 is 2.73 bits per heavy atom. The van der Waals surface area contributed by atoms with E-state index in [-0.39, 0.29) is 5.25 Å². The van der Waals surface area contributed by atoms with Crippen LogP contribution in [0.1, 0.15) is 32.6 Å². The van der Waals surface area contributed by atoms with E-state index >= 15 is 0 Å². The van der Waals surface area contributed by atoms with E-state index < -0.39 is 6.17 Å². The Morgan fingerprint density at radius 2 is 2.09 bits per heavy atom. The van der Waals surface area contributed by atoms with Crippen molar-refractivity contribution in [1.29, 1.82) is 0 Å². The van der Waals surface area contributed by atoms with E-state index in [4.69, 9.17) is 0 Å². The molecule has 0 amide bonds. The van der Waals surface area contributed by atoms with Gasteiger partial charge in [0.25, 0.3) is 0 Å². The lowest BCUT2D eigenvalue weighted by Crippen LogP contribution is -2.22. The zero-order chi connectivity index (χ0) is 8.10. The zero-order valence-corrected chi connectivity index (χ0v) is 8.52. The van der Waals surface area contributed by atoms with E-state index in [2.05, 4.69) is 6.92 Å². The Labute approximate surface area is 76.1 Å². The van der Waals surface area contributed by atoms with Crippen molar-refractivity contribution in [2.24, 2.45) is 0 Å². The molecule has 11 heavy (non-hydrogen) atoms. The summed E-state index contributed by atoms with van der Waals surface area (Å²) in [6.45, 7) is 2.12. The summed E-state index contributed by atoms with van der Waals surface area (Å²) >= 11 is 0. The molecule has 0 saturated heterocycles. The van der Waals surface area contributed by atoms with Gasteiger partial charge in [-0.3, -0.25) is 0 Å². The largest absolute Gasteiger partial charge is 0.246 e. The van der Waals surface area contributed by atoms with Crippen LogP contribution in [0.15, 0.2) is 0 Å². The third-order valence-electron chi connectivity index (χ3n) is 1.93. The molecule has 0 aliphatic heterocycles. The first kappa shape index (κ1) is 9.72. The van der Waals surface area contributed by atoms with E-state index in [9.17, 15) is 4.39 Å². The molecule has 0 nitrogen and oxygen atoms in total. The van der Waals surface area contributed by atoms with Gasteiger partial charge >= 0.3 is 0 Å². The maximum Gasteiger partial charge on any atom is 0.113 e. The molecule has 2 atom stereocenters. The topological polar surface area (TPSA) is 0 Å². The van der Waals surface area contributed by atoms with Crippen molar-refractivity contribution in [3.63, 3.8) is 0 Å². The second kappa shape index (κ2) is 5.31. The van der Waals surface area contributed by atoms with Crippen molar-refractivity contribution >= 4 is 21.6 Å². The second-order valence-electron chi connectivity index (χ2n) is 2.84. The quantitative estimate of drug-likeness (QED) is 0.629. The Kier molecular flexibility index (Phi) is 4.69. The van der Waals surface area contributed by atoms with Crippen LogP contribution < -0.4 is 0 Å². The highest BCUT2D eigenvalue weighted by Crippen LogP contribution is 2.37. The molecule has 0 radical (unpaired) electrons. The van der Waals surface area contributed by atoms with Crippen LogP contribution in [0.25, 0.3) is 0 Å². The molecule has 1 aliphatic rings. The minimum atomic E-state index is -0.534. The molecule has 0 N–H and O–H groups in total. The van der Waals surface area contributed by atoms with Crippen molar-refractivity contribution < 1.29 is 4.39 Å². The molecule has 0 aromatic heterocycles. The smallest absolute Gasteiger partial charge is 0.113 e. The third kappa shape index (κ3) is 3.24. The standard InChI is InChI=1S/C8H15FS2/c1-2-10-11-8-6-4-3-5-7(8)9/h7-8H,2-6H2,1H3. The summed E-state index contributed by atoms with van der Waals surface area (Å²) in [5.74, 6) is 1.09. The van der Waals surface area contributed by atoms with Crippen LogP contribution in [-0.4, -0.2) is 17.2 Å². The Balaban J connectivity index is 2.18. The van der Waals surface area contributed by atoms with Gasteiger partial charge in [0.1, 0.15) is 6.17 Å². The SMILES string of the molecule is CCSSC1CCCCC1F. The van der Waals surface area contributed by atoms with Gasteiger partial charge in [0.15, 0.2) is 0 Å². The van der Waals surface area contributed by atoms with E-state index in [1.165, 1.54) is 6.42 Å². The maximum atomic E-state index is 13.1. The molecule has 3 heteroatoms. The monoisotopic (exact) mass is 194 g/mol. The first-order valence-electron chi connectivity index (χ1n) is 4.27. The van der Waals surface area contributed by atoms with E-state index in [1.807, 2.05) is 0 Å². The van der Waals surface area contributed by atoms with Gasteiger partial charge < -0.3 is 0 Å². The molecule has 0 spiro atoms. The van der Waals surface area contributed by atoms with Crippen molar-refractivity contribution in [3.05, 3.63) is 0 Å². The molecule has 1 aliphatic carbocycles. The number of hydrogen-bond acceptors (Lipinski definition) is 2. The highest BCUT2D eigenvalue weighted by Gasteiger charge is 2.24. The molecule has 1 rings (SSSR count). The van der Waals surface area contributed by atoms with Gasteiger partial charge in [0.05, 0.1) is 0 Å². The van der Waals surface area contributed by atoms with Gasteiger partial charge in [-0.1, -0.05) is 41.4 Å². The number of rotatable bonds is 3. The maximum absolute atomic E-state index is 13.1. The van der Waals surface area contributed by atoms with E-state index in [1.54, 1.807) is 21.6 Å². The second-order valence-corrected chi connectivity index (χ2v) is 5.74. The summed E-state index contributed by atoms with van der Waals surface area (Å²) < 4.78 is 13.1. The van der Waals surface area contributed by atoms with Crippen molar-refractivity contribution in [2.45, 2.75) is 44.0 Å². The lowest BCUT2D eigenvalue weighted by molar-refractivity contribution is 0.261. The Hall–Kier alpha value is 0.630. The van der Waals surface area contributed by atoms with Crippen molar-refractivity contribution in [3.8, 4) is 0 Å². The fraction of sp³-hybridized carbons (Fsp3) is 1.00. The molecular weight excluding hydrogens is 179 g/mol. The Morgan fingerprint density at radius 1 is 1.36 bits per heavy atom. The van der Waals surface area contributed by atoms with Crippen molar-refractivity contribution in [2.75, 3.05) is 5.75 Å². The van der Waals surface area contributed by atoms with Crippen LogP contribution in [0.5, 0.6) is 0 Å². The van der Waals surface area contributed by atoms with Crippen LogP contribution in [0.4, 0.5) is 4.39 Å². The zero-order valence-electron chi connectivity index (χ0n) is 6.88. The fourth-order valence-electron chi connectivity index (χ4n) is 1.32. The number of halogens is 1. The predicted octanol–water partition coefficient (Wildman–Crippen LogP) is 3.67. The van der Waals surface area contributed by atoms with Gasteiger partial charge in [0, 0.05) is 11.0 Å². The first-order valence-corrected chi connectivity index (χ1v) is 6.65. The average molecular weight is 194 g/mol. The summed E-state index contributed by atoms with van der Waals surface area (Å²) in [7, 11) is 3.54. The third-order valence-corrected chi connectivity index (χ3v) is 4.94. The summed E-state index contributed by atoms with van der Waals surface area (Å²) in [4.78, 5) is 0. The molecule has 0 bridgehead atoms. The summed E-state index contributed by atoms with van der Waals surface area (Å²) in [6.07, 6.45) is 3.66. The normalized spacial score (nSPS) is 32.2. The number of hydrogen-bond donors (Lipinski definition) is 0. The first-order chi connectivity index (χ1) is 5.34. The molecule has 66 valence electrons. The van der Waals surface area contributed by atoms with Gasteiger partial charge in [-0.15, -0.1) is 0 Å². The lowest BCUT2D eigenvalue weighted by Gasteiger charge is -2.24. The van der Waals surface area contributed by atoms with E-state index in [0.29, 0.717) is 0 Å². The molecule has 0 aromatic rings. The van der Waals surface area contributed by atoms with Gasteiger partial charge in [-0.25, -0.2) is 4.39 Å². The molecule has 0 aromatic carbocycles. The molecular formula is C8H15FS2. The fourth-order valence-corrected chi connectivity index (χ4v) is 3.73. The van der Waals surface area contributed by atoms with Crippen LogP contribution in [0.3, 0.4) is 0 Å². The summed E-state index contributed by atoms with van der Waals surface area (Å²) in [6, 6.07) is 0. The van der Waals surface area contributed by atoms with Gasteiger partial charge in [0.2, 0.25) is 0 Å². The van der Waals surface area contributed by atoms with Gasteiger partial charge in [-0.05, 0) is 12.8 Å². The highest BCUT2D eigenvalue weighted by molar-refractivity contribution is 8.76. The molecule has 2 unspecified atom stereocenters. The van der Waals surface area contributed by atoms with Gasteiger partial charge in [-0.2, -0.15) is 0 Å². The van der Waals surface area contributed by atoms with Crippen LogP contribution in [0.2, 0.25) is 0 Å². The highest BCUT2D eigenvalue weighted by atomic mass is 33.1. The number of alkyl halides is 1. The van der Waals surface area contributed by atoms with Crippen LogP contribution >= 0.6 is 21.6 Å². The Bertz CT molecular complexity index is 108. The van der Waals surface area contributed by atoms with Crippen LogP contribution in [-0.2, 0) is 0 Å². The average Bonchev–Trinajstić information content (AvgIpc) is 2.03. The summed E-state index contributed by atoms with van der Waals surface area (Å²) in [5, 5.41) is 0.286. The minimum absolute atomic E-state index is 0.286. The van der Waals surface area contributed by atoms with E-state index in [0.717, 1.165) is 25.0 Å². The summed E-state index contributed by atoms with van der Waals surface area (Å²) in [5.41, 5.74) is 0. The molecule has 1 fully saturated rings. The lowest BCUT2D eigenvalue weighted by atomic mass is 9.98.